The first kappa shape index (κ1) is 16.5. The van der Waals surface area contributed by atoms with Crippen molar-refractivity contribution < 1.29 is 9.59 Å². The number of carbonyl (C=O) groups is 2. The van der Waals surface area contributed by atoms with Crippen LogP contribution in [0.1, 0.15) is 30.8 Å². The normalized spacial score (nSPS) is 16.7. The Balaban J connectivity index is 2.01. The van der Waals surface area contributed by atoms with Crippen LogP contribution in [0.4, 0.5) is 4.79 Å². The highest BCUT2D eigenvalue weighted by Crippen LogP contribution is 2.34. The highest BCUT2D eigenvalue weighted by molar-refractivity contribution is 8.18. The predicted molar refractivity (Wildman–Crippen MR) is 96.0 cm³/mol. The molecule has 0 unspecified atom stereocenters. The van der Waals surface area contributed by atoms with Crippen molar-refractivity contribution in [1.82, 2.24) is 14.5 Å². The van der Waals surface area contributed by atoms with E-state index in [-0.39, 0.29) is 17.2 Å². The standard InChI is InChI=1S/C18H19N3O2S/c1-11(2)20-17(22)16(24-18(20)23)10-14-9-12(3)21(13(14)4)15-5-7-19-8-6-15/h5-11H,1-4H3/b16-10+. The Morgan fingerprint density at radius 2 is 1.83 bits per heavy atom. The first-order valence-corrected chi connectivity index (χ1v) is 8.58. The monoisotopic (exact) mass is 341 g/mol. The highest BCUT2D eigenvalue weighted by Gasteiger charge is 2.36. The number of rotatable bonds is 3. The van der Waals surface area contributed by atoms with Gasteiger partial charge in [0.25, 0.3) is 11.1 Å². The zero-order valence-corrected chi connectivity index (χ0v) is 14.9. The number of pyridine rings is 1. The Morgan fingerprint density at radius 3 is 2.42 bits per heavy atom. The molecule has 0 bridgehead atoms. The lowest BCUT2D eigenvalue weighted by Crippen LogP contribution is -2.34. The van der Waals surface area contributed by atoms with E-state index in [0.717, 1.165) is 34.4 Å². The summed E-state index contributed by atoms with van der Waals surface area (Å²) >= 11 is 1.00. The maximum Gasteiger partial charge on any atom is 0.293 e. The van der Waals surface area contributed by atoms with E-state index in [2.05, 4.69) is 9.55 Å². The fourth-order valence-electron chi connectivity index (χ4n) is 2.89. The SMILES string of the molecule is Cc1cc(/C=C2/SC(=O)N(C(C)C)C2=O)c(C)n1-c1ccncc1. The van der Waals surface area contributed by atoms with Gasteiger partial charge in [-0.1, -0.05) is 0 Å². The number of aryl methyl sites for hydroxylation is 1. The van der Waals surface area contributed by atoms with Crippen LogP contribution in [0, 0.1) is 13.8 Å². The third kappa shape index (κ3) is 2.78. The van der Waals surface area contributed by atoms with Gasteiger partial charge in [-0.05, 0) is 69.3 Å². The molecule has 5 nitrogen and oxygen atoms in total. The number of thioether (sulfide) groups is 1. The van der Waals surface area contributed by atoms with Gasteiger partial charge >= 0.3 is 0 Å². The van der Waals surface area contributed by atoms with Gasteiger partial charge in [0.1, 0.15) is 0 Å². The molecule has 0 atom stereocenters. The molecule has 0 aromatic carbocycles. The van der Waals surface area contributed by atoms with Crippen molar-refractivity contribution in [2.75, 3.05) is 0 Å². The van der Waals surface area contributed by atoms with E-state index in [9.17, 15) is 9.59 Å². The lowest BCUT2D eigenvalue weighted by molar-refractivity contribution is -0.123. The zero-order chi connectivity index (χ0) is 17.4. The van der Waals surface area contributed by atoms with E-state index in [1.54, 1.807) is 12.4 Å². The second-order valence-electron chi connectivity index (χ2n) is 6.01. The number of aromatic nitrogens is 2. The van der Waals surface area contributed by atoms with E-state index in [1.165, 1.54) is 4.90 Å². The number of nitrogens with zero attached hydrogens (tertiary/aromatic N) is 3. The molecule has 0 aliphatic carbocycles. The molecule has 3 heterocycles. The molecule has 2 aromatic heterocycles. The molecular weight excluding hydrogens is 322 g/mol. The summed E-state index contributed by atoms with van der Waals surface area (Å²) in [4.78, 5) is 30.3. The van der Waals surface area contributed by atoms with Gasteiger partial charge in [-0.2, -0.15) is 0 Å². The predicted octanol–water partition coefficient (Wildman–Crippen LogP) is 3.93. The van der Waals surface area contributed by atoms with Gasteiger partial charge in [0, 0.05) is 35.5 Å². The minimum Gasteiger partial charge on any atom is -0.318 e. The minimum atomic E-state index is -0.214. The number of imide groups is 1. The summed E-state index contributed by atoms with van der Waals surface area (Å²) in [7, 11) is 0. The number of hydrogen-bond acceptors (Lipinski definition) is 4. The van der Waals surface area contributed by atoms with Crippen LogP contribution in [0.25, 0.3) is 11.8 Å². The van der Waals surface area contributed by atoms with Gasteiger partial charge in [0.05, 0.1) is 4.91 Å². The average Bonchev–Trinajstić information content (AvgIpc) is 2.96. The Hall–Kier alpha value is -2.34. The van der Waals surface area contributed by atoms with Crippen LogP contribution in [0.15, 0.2) is 35.5 Å². The highest BCUT2D eigenvalue weighted by atomic mass is 32.2. The maximum atomic E-state index is 12.4. The van der Waals surface area contributed by atoms with E-state index in [4.69, 9.17) is 0 Å². The second-order valence-corrected chi connectivity index (χ2v) is 7.01. The van der Waals surface area contributed by atoms with Crippen LogP contribution in [-0.4, -0.2) is 31.6 Å². The molecule has 1 saturated heterocycles. The lowest BCUT2D eigenvalue weighted by Gasteiger charge is -2.16. The van der Waals surface area contributed by atoms with Crippen LogP contribution in [0.5, 0.6) is 0 Å². The average molecular weight is 341 g/mol. The first-order chi connectivity index (χ1) is 11.4. The molecule has 0 spiro atoms. The van der Waals surface area contributed by atoms with E-state index in [1.807, 2.05) is 52.0 Å². The lowest BCUT2D eigenvalue weighted by atomic mass is 10.2. The largest absolute Gasteiger partial charge is 0.318 e. The summed E-state index contributed by atoms with van der Waals surface area (Å²) in [5.41, 5.74) is 4.05. The van der Waals surface area contributed by atoms with Crippen LogP contribution in [-0.2, 0) is 4.79 Å². The van der Waals surface area contributed by atoms with Crippen LogP contribution in [0.3, 0.4) is 0 Å². The summed E-state index contributed by atoms with van der Waals surface area (Å²) < 4.78 is 2.11. The van der Waals surface area contributed by atoms with Crippen LogP contribution < -0.4 is 0 Å². The summed E-state index contributed by atoms with van der Waals surface area (Å²) in [5.74, 6) is -0.214. The molecule has 1 aliphatic rings. The zero-order valence-electron chi connectivity index (χ0n) is 14.1. The Bertz CT molecular complexity index is 837. The van der Waals surface area contributed by atoms with E-state index >= 15 is 0 Å². The summed E-state index contributed by atoms with van der Waals surface area (Å²) in [6, 6.07) is 5.78. The van der Waals surface area contributed by atoms with Gasteiger partial charge in [0.2, 0.25) is 0 Å². The Kier molecular flexibility index (Phi) is 4.32. The summed E-state index contributed by atoms with van der Waals surface area (Å²) in [6.45, 7) is 7.71. The second kappa shape index (κ2) is 6.28. The molecule has 0 saturated carbocycles. The van der Waals surface area contributed by atoms with Gasteiger partial charge in [-0.3, -0.25) is 19.5 Å². The molecule has 0 N–H and O–H groups in total. The molecule has 0 radical (unpaired) electrons. The van der Waals surface area contributed by atoms with Crippen molar-refractivity contribution in [3.8, 4) is 5.69 Å². The molecule has 2 aromatic rings. The molecular formula is C18H19N3O2S. The molecule has 3 rings (SSSR count). The Labute approximate surface area is 145 Å². The third-order valence-corrected chi connectivity index (χ3v) is 4.90. The van der Waals surface area contributed by atoms with Gasteiger partial charge in [-0.25, -0.2) is 0 Å². The summed E-state index contributed by atoms with van der Waals surface area (Å²) in [6.07, 6.45) is 5.32. The smallest absolute Gasteiger partial charge is 0.293 e. The van der Waals surface area contributed by atoms with Crippen molar-refractivity contribution in [3.63, 3.8) is 0 Å². The van der Waals surface area contributed by atoms with Crippen molar-refractivity contribution in [2.24, 2.45) is 0 Å². The molecule has 1 fully saturated rings. The van der Waals surface area contributed by atoms with Gasteiger partial charge in [0.15, 0.2) is 0 Å². The van der Waals surface area contributed by atoms with Gasteiger partial charge < -0.3 is 4.57 Å². The van der Waals surface area contributed by atoms with Crippen LogP contribution in [0.2, 0.25) is 0 Å². The quantitative estimate of drug-likeness (QED) is 0.794. The number of carbonyl (C=O) groups excluding carboxylic acids is 2. The van der Waals surface area contributed by atoms with Gasteiger partial charge in [-0.15, -0.1) is 0 Å². The third-order valence-electron chi connectivity index (χ3n) is 4.02. The molecule has 24 heavy (non-hydrogen) atoms. The van der Waals surface area contributed by atoms with Crippen LogP contribution >= 0.6 is 11.8 Å². The van der Waals surface area contributed by atoms with E-state index < -0.39 is 0 Å². The number of hydrogen-bond donors (Lipinski definition) is 0. The topological polar surface area (TPSA) is 55.2 Å². The molecule has 6 heteroatoms. The first-order valence-electron chi connectivity index (χ1n) is 7.76. The maximum absolute atomic E-state index is 12.4. The number of amides is 2. The molecule has 2 amide bonds. The molecule has 124 valence electrons. The summed E-state index contributed by atoms with van der Waals surface area (Å²) in [5, 5.41) is -0.204. The Morgan fingerprint density at radius 1 is 1.17 bits per heavy atom. The fourth-order valence-corrected chi connectivity index (χ4v) is 3.84. The van der Waals surface area contributed by atoms with Crippen molar-refractivity contribution in [3.05, 3.63) is 52.4 Å². The van der Waals surface area contributed by atoms with Crippen molar-refractivity contribution in [1.29, 1.82) is 0 Å². The molecule has 1 aliphatic heterocycles. The van der Waals surface area contributed by atoms with E-state index in [0.29, 0.717) is 4.91 Å². The fraction of sp³-hybridized carbons (Fsp3) is 0.278. The van der Waals surface area contributed by atoms with Crippen molar-refractivity contribution >= 4 is 29.0 Å². The van der Waals surface area contributed by atoms with Crippen molar-refractivity contribution in [2.45, 2.75) is 33.7 Å². The minimum absolute atomic E-state index is 0.132.